The lowest BCUT2D eigenvalue weighted by Gasteiger charge is -2.27. The van der Waals surface area contributed by atoms with E-state index in [1.165, 1.54) is 27.8 Å². The first-order valence-corrected chi connectivity index (χ1v) is 9.22. The summed E-state index contributed by atoms with van der Waals surface area (Å²) in [5, 5.41) is 1.62. The minimum atomic E-state index is 0.798. The molecule has 1 saturated heterocycles. The molecule has 2 aliphatic rings. The SMILES string of the molecule is CN1CCC(=C2c3ccc(Cl)cc3CCc3c(Cl)ccnc32)CC1. The molecule has 1 aromatic carbocycles. The Balaban J connectivity index is 1.96. The number of hydrogen-bond acceptors (Lipinski definition) is 2. The number of piperidine rings is 1. The molecule has 1 aromatic heterocycles. The highest BCUT2D eigenvalue weighted by Crippen LogP contribution is 2.39. The van der Waals surface area contributed by atoms with Crippen molar-refractivity contribution in [2.75, 3.05) is 20.1 Å². The van der Waals surface area contributed by atoms with Crippen molar-refractivity contribution < 1.29 is 0 Å². The molecule has 0 amide bonds. The summed E-state index contributed by atoms with van der Waals surface area (Å²) in [6.45, 7) is 2.19. The molecular weight excluding hydrogens is 339 g/mol. The molecule has 0 N–H and O–H groups in total. The van der Waals surface area contributed by atoms with Crippen LogP contribution in [-0.4, -0.2) is 30.0 Å². The number of pyridine rings is 1. The molecule has 0 unspecified atom stereocenters. The zero-order valence-electron chi connectivity index (χ0n) is 13.8. The van der Waals surface area contributed by atoms with Gasteiger partial charge in [0.2, 0.25) is 0 Å². The van der Waals surface area contributed by atoms with Gasteiger partial charge in [0, 0.05) is 34.9 Å². The van der Waals surface area contributed by atoms with Crippen LogP contribution in [0.3, 0.4) is 0 Å². The van der Waals surface area contributed by atoms with Crippen LogP contribution in [0.5, 0.6) is 0 Å². The van der Waals surface area contributed by atoms with E-state index in [9.17, 15) is 0 Å². The third kappa shape index (κ3) is 2.88. The first kappa shape index (κ1) is 16.1. The molecule has 0 bridgehead atoms. The summed E-state index contributed by atoms with van der Waals surface area (Å²) in [4.78, 5) is 7.13. The van der Waals surface area contributed by atoms with Crippen LogP contribution in [0.4, 0.5) is 0 Å². The summed E-state index contributed by atoms with van der Waals surface area (Å²) in [6.07, 6.45) is 5.86. The summed E-state index contributed by atoms with van der Waals surface area (Å²) in [5.74, 6) is 0. The van der Waals surface area contributed by atoms with Gasteiger partial charge in [-0.2, -0.15) is 0 Å². The Labute approximate surface area is 153 Å². The van der Waals surface area contributed by atoms with Gasteiger partial charge in [-0.05, 0) is 67.6 Å². The number of benzene rings is 1. The molecule has 4 heteroatoms. The number of rotatable bonds is 0. The van der Waals surface area contributed by atoms with Gasteiger partial charge in [-0.3, -0.25) is 4.98 Å². The third-order valence-electron chi connectivity index (χ3n) is 5.16. The molecule has 124 valence electrons. The molecule has 1 fully saturated rings. The van der Waals surface area contributed by atoms with Gasteiger partial charge in [-0.1, -0.05) is 34.8 Å². The van der Waals surface area contributed by atoms with E-state index in [4.69, 9.17) is 28.2 Å². The number of nitrogens with zero attached hydrogens (tertiary/aromatic N) is 2. The number of aromatic nitrogens is 1. The first-order valence-electron chi connectivity index (χ1n) is 8.46. The topological polar surface area (TPSA) is 16.1 Å². The number of fused-ring (bicyclic) bond motifs is 2. The van der Waals surface area contributed by atoms with Gasteiger partial charge < -0.3 is 4.90 Å². The van der Waals surface area contributed by atoms with Crippen molar-refractivity contribution >= 4 is 28.8 Å². The predicted molar refractivity (Wildman–Crippen MR) is 101 cm³/mol. The van der Waals surface area contributed by atoms with Crippen LogP contribution in [0.2, 0.25) is 10.0 Å². The Morgan fingerprint density at radius 2 is 1.79 bits per heavy atom. The molecule has 4 rings (SSSR count). The van der Waals surface area contributed by atoms with Crippen molar-refractivity contribution in [3.8, 4) is 0 Å². The number of aryl methyl sites for hydroxylation is 1. The molecule has 0 spiro atoms. The van der Waals surface area contributed by atoms with Gasteiger partial charge >= 0.3 is 0 Å². The summed E-state index contributed by atoms with van der Waals surface area (Å²) in [7, 11) is 2.19. The van der Waals surface area contributed by atoms with Gasteiger partial charge in [0.05, 0.1) is 5.69 Å². The molecule has 24 heavy (non-hydrogen) atoms. The number of likely N-dealkylation sites (tertiary alicyclic amines) is 1. The Morgan fingerprint density at radius 1 is 1.00 bits per heavy atom. The van der Waals surface area contributed by atoms with E-state index in [1.807, 2.05) is 18.3 Å². The minimum absolute atomic E-state index is 0.798. The fourth-order valence-electron chi connectivity index (χ4n) is 3.82. The predicted octanol–water partition coefficient (Wildman–Crippen LogP) is 5.01. The van der Waals surface area contributed by atoms with Gasteiger partial charge in [0.15, 0.2) is 0 Å². The van der Waals surface area contributed by atoms with Crippen LogP contribution in [0.25, 0.3) is 5.57 Å². The van der Waals surface area contributed by atoms with Gasteiger partial charge in [0.25, 0.3) is 0 Å². The highest BCUT2D eigenvalue weighted by atomic mass is 35.5. The zero-order chi connectivity index (χ0) is 16.7. The maximum Gasteiger partial charge on any atom is 0.0754 e. The van der Waals surface area contributed by atoms with Gasteiger partial charge in [0.1, 0.15) is 0 Å². The van der Waals surface area contributed by atoms with Crippen molar-refractivity contribution in [2.45, 2.75) is 25.7 Å². The molecule has 0 radical (unpaired) electrons. The fraction of sp³-hybridized carbons (Fsp3) is 0.350. The Morgan fingerprint density at radius 3 is 2.58 bits per heavy atom. The van der Waals surface area contributed by atoms with Crippen LogP contribution in [0, 0.1) is 0 Å². The number of hydrogen-bond donors (Lipinski definition) is 0. The normalized spacial score (nSPS) is 18.1. The van der Waals surface area contributed by atoms with Crippen molar-refractivity contribution in [1.82, 2.24) is 9.88 Å². The quantitative estimate of drug-likeness (QED) is 0.657. The molecule has 2 heterocycles. The van der Waals surface area contributed by atoms with E-state index < -0.39 is 0 Å². The van der Waals surface area contributed by atoms with Gasteiger partial charge in [-0.25, -0.2) is 0 Å². The Hall–Kier alpha value is -1.35. The Kier molecular flexibility index (Phi) is 4.38. The summed E-state index contributed by atoms with van der Waals surface area (Å²) in [6, 6.07) is 8.16. The van der Waals surface area contributed by atoms with Crippen molar-refractivity contribution in [3.05, 3.63) is 68.5 Å². The van der Waals surface area contributed by atoms with Crippen molar-refractivity contribution in [1.29, 1.82) is 0 Å². The second kappa shape index (κ2) is 6.51. The monoisotopic (exact) mass is 358 g/mol. The molecular formula is C20H20Cl2N2. The van der Waals surface area contributed by atoms with Crippen LogP contribution in [0.15, 0.2) is 36.0 Å². The molecule has 2 nitrogen and oxygen atoms in total. The lowest BCUT2D eigenvalue weighted by Crippen LogP contribution is -2.27. The smallest absolute Gasteiger partial charge is 0.0754 e. The van der Waals surface area contributed by atoms with Crippen LogP contribution in [0.1, 0.15) is 35.2 Å². The fourth-order valence-corrected chi connectivity index (χ4v) is 4.25. The maximum absolute atomic E-state index is 6.52. The van der Waals surface area contributed by atoms with Crippen molar-refractivity contribution in [2.24, 2.45) is 0 Å². The highest BCUT2D eigenvalue weighted by molar-refractivity contribution is 6.31. The molecule has 1 aliphatic carbocycles. The summed E-state index contributed by atoms with van der Waals surface area (Å²) in [5.41, 5.74) is 7.63. The zero-order valence-corrected chi connectivity index (χ0v) is 15.3. The van der Waals surface area contributed by atoms with Crippen molar-refractivity contribution in [3.63, 3.8) is 0 Å². The largest absolute Gasteiger partial charge is 0.306 e. The minimum Gasteiger partial charge on any atom is -0.306 e. The molecule has 0 atom stereocenters. The van der Waals surface area contributed by atoms with Crippen LogP contribution < -0.4 is 0 Å². The first-order chi connectivity index (χ1) is 11.6. The van der Waals surface area contributed by atoms with Crippen LogP contribution in [-0.2, 0) is 12.8 Å². The highest BCUT2D eigenvalue weighted by Gasteiger charge is 2.25. The van der Waals surface area contributed by atoms with Crippen LogP contribution >= 0.6 is 23.2 Å². The summed E-state index contributed by atoms with van der Waals surface area (Å²) >= 11 is 12.8. The van der Waals surface area contributed by atoms with E-state index in [0.717, 1.165) is 54.5 Å². The standard InChI is InChI=1S/C20H20Cl2N2/c1-24-10-7-13(8-11-24)19-16-5-3-15(21)12-14(16)2-4-17-18(22)6-9-23-20(17)19/h3,5-6,9,12H,2,4,7-8,10-11H2,1H3. The summed E-state index contributed by atoms with van der Waals surface area (Å²) < 4.78 is 0. The third-order valence-corrected chi connectivity index (χ3v) is 5.75. The average Bonchev–Trinajstić information content (AvgIpc) is 2.73. The Bertz CT molecular complexity index is 816. The van der Waals surface area contributed by atoms with E-state index in [-0.39, 0.29) is 0 Å². The van der Waals surface area contributed by atoms with Gasteiger partial charge in [-0.15, -0.1) is 0 Å². The molecule has 1 aliphatic heterocycles. The van der Waals surface area contributed by atoms with E-state index >= 15 is 0 Å². The lowest BCUT2D eigenvalue weighted by atomic mass is 9.89. The lowest BCUT2D eigenvalue weighted by molar-refractivity contribution is 0.313. The average molecular weight is 359 g/mol. The van der Waals surface area contributed by atoms with E-state index in [0.29, 0.717) is 0 Å². The number of halogens is 2. The van der Waals surface area contributed by atoms with E-state index in [1.54, 1.807) is 0 Å². The second-order valence-corrected chi connectivity index (χ2v) is 7.55. The maximum atomic E-state index is 6.52. The van der Waals surface area contributed by atoms with E-state index in [2.05, 4.69) is 24.1 Å². The molecule has 0 saturated carbocycles. The molecule has 2 aromatic rings. The second-order valence-electron chi connectivity index (χ2n) is 6.70.